The van der Waals surface area contributed by atoms with Gasteiger partial charge in [-0.25, -0.2) is 0 Å². The van der Waals surface area contributed by atoms with Crippen molar-refractivity contribution < 1.29 is 32.4 Å². The van der Waals surface area contributed by atoms with Gasteiger partial charge in [0, 0.05) is 36.1 Å². The summed E-state index contributed by atoms with van der Waals surface area (Å²) in [7, 11) is 1.49. The quantitative estimate of drug-likeness (QED) is 0.465. The van der Waals surface area contributed by atoms with Crippen molar-refractivity contribution in [3.63, 3.8) is 0 Å². The normalized spacial score (nSPS) is 18.9. The predicted molar refractivity (Wildman–Crippen MR) is 112 cm³/mol. The van der Waals surface area contributed by atoms with E-state index >= 15 is 0 Å². The molecule has 2 aromatic rings. The number of halogens is 3. The molecule has 1 heterocycles. The monoisotopic (exact) mass is 460 g/mol. The van der Waals surface area contributed by atoms with Crippen molar-refractivity contribution in [1.82, 2.24) is 0 Å². The largest absolute Gasteiger partial charge is 0.497 e. The molecule has 7 nitrogen and oxygen atoms in total. The molecule has 0 bridgehead atoms. The van der Waals surface area contributed by atoms with Crippen LogP contribution in [-0.4, -0.2) is 23.7 Å². The summed E-state index contributed by atoms with van der Waals surface area (Å²) in [6, 6.07) is 9.00. The minimum Gasteiger partial charge on any atom is -0.497 e. The minimum absolute atomic E-state index is 0.157. The number of hydrogen-bond acceptors (Lipinski definition) is 5. The van der Waals surface area contributed by atoms with Gasteiger partial charge in [-0.15, -0.1) is 0 Å². The second kappa shape index (κ2) is 8.34. The highest BCUT2D eigenvalue weighted by atomic mass is 19.4. The second-order valence-electron chi connectivity index (χ2n) is 7.86. The van der Waals surface area contributed by atoms with Crippen LogP contribution >= 0.6 is 0 Å². The first-order valence-electron chi connectivity index (χ1n) is 10.2. The molecule has 1 aliphatic heterocycles. The Kier molecular flexibility index (Phi) is 5.69. The summed E-state index contributed by atoms with van der Waals surface area (Å²) in [5.41, 5.74) is -0.953. The Labute approximate surface area is 186 Å². The van der Waals surface area contributed by atoms with Crippen molar-refractivity contribution in [3.8, 4) is 5.75 Å². The molecule has 1 amide bonds. The van der Waals surface area contributed by atoms with Crippen LogP contribution < -0.4 is 9.64 Å². The summed E-state index contributed by atoms with van der Waals surface area (Å²) in [6.45, 7) is 0. The second-order valence-corrected chi connectivity index (χ2v) is 7.86. The number of hydrogen-bond donors (Lipinski definition) is 0. The number of allylic oxidation sites excluding steroid dienone is 2. The number of ether oxygens (including phenoxy) is 1. The molecule has 0 N–H and O–H groups in total. The van der Waals surface area contributed by atoms with Gasteiger partial charge in [0.15, 0.2) is 5.78 Å². The molecular formula is C23H19F3N2O5. The van der Waals surface area contributed by atoms with Crippen LogP contribution in [0, 0.1) is 10.1 Å². The standard InChI is InChI=1S/C23H19F3N2O5/c1-33-15-5-2-4-13(10-15)16-12-21(30)27(18-6-3-7-20(29)22(16)18)17-9-8-14(23(24,25)26)11-19(17)28(31)32/h2,4-5,8-11,16H,3,6-7,12H2,1H3. The molecule has 0 aromatic heterocycles. The van der Waals surface area contributed by atoms with E-state index in [4.69, 9.17) is 4.74 Å². The molecule has 0 saturated carbocycles. The van der Waals surface area contributed by atoms with Gasteiger partial charge in [-0.05, 0) is 42.7 Å². The smallest absolute Gasteiger partial charge is 0.416 e. The number of alkyl halides is 3. The SMILES string of the molecule is COc1cccc(C2CC(=O)N(c3ccc(C(F)(F)F)cc3[N+](=O)[O-])C3=C2C(=O)CCC3)c1. The Morgan fingerprint density at radius 2 is 1.88 bits per heavy atom. The van der Waals surface area contributed by atoms with E-state index < -0.39 is 34.2 Å². The van der Waals surface area contributed by atoms with Gasteiger partial charge < -0.3 is 4.74 Å². The van der Waals surface area contributed by atoms with E-state index in [0.717, 1.165) is 11.0 Å². The van der Waals surface area contributed by atoms with Gasteiger partial charge in [-0.2, -0.15) is 13.2 Å². The average Bonchev–Trinajstić information content (AvgIpc) is 2.77. The first-order chi connectivity index (χ1) is 15.6. The summed E-state index contributed by atoms with van der Waals surface area (Å²) in [5, 5.41) is 11.6. The van der Waals surface area contributed by atoms with E-state index in [1.165, 1.54) is 7.11 Å². The Bertz CT molecular complexity index is 1190. The number of rotatable bonds is 4. The first kappa shape index (κ1) is 22.5. The number of benzene rings is 2. The maximum Gasteiger partial charge on any atom is 0.416 e. The zero-order valence-electron chi connectivity index (χ0n) is 17.5. The molecule has 4 rings (SSSR count). The fourth-order valence-electron chi connectivity index (χ4n) is 4.45. The number of methoxy groups -OCH3 is 1. The topological polar surface area (TPSA) is 89.8 Å². The Morgan fingerprint density at radius 1 is 1.12 bits per heavy atom. The Balaban J connectivity index is 1.89. The number of carbonyl (C=O) groups is 2. The molecule has 0 saturated heterocycles. The van der Waals surface area contributed by atoms with E-state index in [2.05, 4.69) is 0 Å². The van der Waals surface area contributed by atoms with Gasteiger partial charge in [0.25, 0.3) is 5.69 Å². The van der Waals surface area contributed by atoms with Crippen molar-refractivity contribution in [3.05, 3.63) is 75.0 Å². The molecule has 0 fully saturated rings. The zero-order chi connectivity index (χ0) is 23.9. The van der Waals surface area contributed by atoms with Crippen LogP contribution in [-0.2, 0) is 15.8 Å². The number of anilines is 1. The molecule has 2 aromatic carbocycles. The molecule has 1 aliphatic carbocycles. The molecular weight excluding hydrogens is 441 g/mol. The third kappa shape index (κ3) is 4.08. The summed E-state index contributed by atoms with van der Waals surface area (Å²) in [4.78, 5) is 37.9. The van der Waals surface area contributed by atoms with Gasteiger partial charge in [0.05, 0.1) is 17.6 Å². The van der Waals surface area contributed by atoms with Crippen molar-refractivity contribution >= 4 is 23.1 Å². The van der Waals surface area contributed by atoms with Gasteiger partial charge in [-0.1, -0.05) is 12.1 Å². The van der Waals surface area contributed by atoms with Gasteiger partial charge >= 0.3 is 6.18 Å². The van der Waals surface area contributed by atoms with Crippen LogP contribution in [0.25, 0.3) is 0 Å². The number of carbonyl (C=O) groups excluding carboxylic acids is 2. The number of ketones is 1. The van der Waals surface area contributed by atoms with Gasteiger partial charge in [-0.3, -0.25) is 24.6 Å². The zero-order valence-corrected chi connectivity index (χ0v) is 17.5. The maximum atomic E-state index is 13.3. The first-order valence-corrected chi connectivity index (χ1v) is 10.2. The van der Waals surface area contributed by atoms with Crippen LogP contribution in [0.2, 0.25) is 0 Å². The molecule has 1 unspecified atom stereocenters. The van der Waals surface area contributed by atoms with Gasteiger partial charge in [0.2, 0.25) is 5.91 Å². The van der Waals surface area contributed by atoms with Crippen molar-refractivity contribution in [2.24, 2.45) is 0 Å². The van der Waals surface area contributed by atoms with E-state index in [9.17, 15) is 32.9 Å². The van der Waals surface area contributed by atoms with Crippen molar-refractivity contribution in [1.29, 1.82) is 0 Å². The summed E-state index contributed by atoms with van der Waals surface area (Å²) < 4.78 is 44.6. The number of nitrogens with zero attached hydrogens (tertiary/aromatic N) is 2. The summed E-state index contributed by atoms with van der Waals surface area (Å²) in [5.74, 6) is -0.735. The predicted octanol–water partition coefficient (Wildman–Crippen LogP) is 5.15. The molecule has 2 aliphatic rings. The lowest BCUT2D eigenvalue weighted by Crippen LogP contribution is -2.40. The highest BCUT2D eigenvalue weighted by Gasteiger charge is 2.42. The number of Topliss-reactive ketones (excluding diaryl/α,β-unsaturated/α-hetero) is 1. The van der Waals surface area contributed by atoms with E-state index in [1.54, 1.807) is 24.3 Å². The molecule has 10 heteroatoms. The summed E-state index contributed by atoms with van der Waals surface area (Å²) >= 11 is 0. The van der Waals surface area contributed by atoms with Crippen LogP contribution in [0.4, 0.5) is 24.5 Å². The molecule has 0 radical (unpaired) electrons. The number of nitro groups is 1. The average molecular weight is 460 g/mol. The maximum absolute atomic E-state index is 13.3. The van der Waals surface area contributed by atoms with E-state index in [1.807, 2.05) is 0 Å². The van der Waals surface area contributed by atoms with E-state index in [0.29, 0.717) is 47.6 Å². The van der Waals surface area contributed by atoms with Crippen LogP contribution in [0.5, 0.6) is 5.75 Å². The van der Waals surface area contributed by atoms with Crippen molar-refractivity contribution in [2.75, 3.05) is 12.0 Å². The third-order valence-corrected chi connectivity index (χ3v) is 5.91. The van der Waals surface area contributed by atoms with Crippen LogP contribution in [0.15, 0.2) is 53.7 Å². The lowest BCUT2D eigenvalue weighted by Gasteiger charge is -2.38. The number of amides is 1. The molecule has 33 heavy (non-hydrogen) atoms. The van der Waals surface area contributed by atoms with Crippen LogP contribution in [0.3, 0.4) is 0 Å². The molecule has 0 spiro atoms. The third-order valence-electron chi connectivity index (χ3n) is 5.91. The van der Waals surface area contributed by atoms with Gasteiger partial charge in [0.1, 0.15) is 11.4 Å². The van der Waals surface area contributed by atoms with Crippen LogP contribution in [0.1, 0.15) is 42.7 Å². The Hall–Kier alpha value is -3.69. The highest BCUT2D eigenvalue weighted by molar-refractivity contribution is 6.08. The lowest BCUT2D eigenvalue weighted by atomic mass is 9.77. The summed E-state index contributed by atoms with van der Waals surface area (Å²) in [6.07, 6.45) is -3.95. The Morgan fingerprint density at radius 3 is 2.55 bits per heavy atom. The van der Waals surface area contributed by atoms with Crippen molar-refractivity contribution in [2.45, 2.75) is 37.8 Å². The fourth-order valence-corrected chi connectivity index (χ4v) is 4.45. The van der Waals surface area contributed by atoms with E-state index in [-0.39, 0.29) is 24.3 Å². The number of nitro benzene ring substituents is 1. The highest BCUT2D eigenvalue weighted by Crippen LogP contribution is 2.46. The minimum atomic E-state index is -4.78. The molecule has 172 valence electrons. The lowest BCUT2D eigenvalue weighted by molar-refractivity contribution is -0.384. The molecule has 1 atom stereocenters. The fraction of sp³-hybridized carbons (Fsp3) is 0.304.